The van der Waals surface area contributed by atoms with E-state index in [1.54, 1.807) is 12.0 Å². The minimum Gasteiger partial charge on any atom is -0.495 e. The van der Waals surface area contributed by atoms with Gasteiger partial charge in [0.25, 0.3) is 0 Å². The van der Waals surface area contributed by atoms with Gasteiger partial charge in [-0.05, 0) is 18.1 Å². The molecule has 9 nitrogen and oxygen atoms in total. The number of quaternary nitrogens is 2. The molecular formula is C31H43N7O2+2. The molecule has 2 aromatic carbocycles. The van der Waals surface area contributed by atoms with Gasteiger partial charge in [0.05, 0.1) is 51.6 Å². The quantitative estimate of drug-likeness (QED) is 0.401. The van der Waals surface area contributed by atoms with Crippen molar-refractivity contribution in [1.82, 2.24) is 19.9 Å². The second-order valence-electron chi connectivity index (χ2n) is 11.9. The number of hydrogen-bond acceptors (Lipinski definition) is 5. The molecule has 4 fully saturated rings. The number of anilines is 1. The molecule has 0 spiro atoms. The lowest BCUT2D eigenvalue weighted by atomic mass is 9.75. The zero-order chi connectivity index (χ0) is 27.5. The van der Waals surface area contributed by atoms with Crippen LogP contribution in [0.1, 0.15) is 24.1 Å². The third kappa shape index (κ3) is 5.86. The number of piperidine rings is 3. The van der Waals surface area contributed by atoms with Crippen molar-refractivity contribution in [2.75, 3.05) is 58.3 Å². The summed E-state index contributed by atoms with van der Waals surface area (Å²) in [7, 11) is 3.92. The lowest BCUT2D eigenvalue weighted by Crippen LogP contribution is -3.20. The first-order valence-corrected chi connectivity index (χ1v) is 14.8. The predicted octanol–water partition coefficient (Wildman–Crippen LogP) is 0.144. The van der Waals surface area contributed by atoms with Gasteiger partial charge in [-0.25, -0.2) is 4.68 Å². The third-order valence-electron chi connectivity index (χ3n) is 9.21. The van der Waals surface area contributed by atoms with Gasteiger partial charge in [-0.1, -0.05) is 47.7 Å². The fourth-order valence-corrected chi connectivity index (χ4v) is 7.14. The lowest BCUT2D eigenvalue weighted by molar-refractivity contribution is -0.945. The molecule has 1 aromatic heterocycles. The molecule has 40 heavy (non-hydrogen) atoms. The summed E-state index contributed by atoms with van der Waals surface area (Å²) in [6.07, 6.45) is 4.38. The summed E-state index contributed by atoms with van der Waals surface area (Å²) in [5, 5.41) is 8.96. The summed E-state index contributed by atoms with van der Waals surface area (Å²) in [5.41, 5.74) is 3.50. The van der Waals surface area contributed by atoms with Gasteiger partial charge in [0.1, 0.15) is 30.6 Å². The van der Waals surface area contributed by atoms with E-state index in [4.69, 9.17) is 4.74 Å². The maximum absolute atomic E-state index is 13.7. The van der Waals surface area contributed by atoms with Crippen molar-refractivity contribution in [3.8, 4) is 5.75 Å². The molecule has 2 N–H and O–H groups in total. The number of fused-ring (bicyclic) bond motifs is 3. The van der Waals surface area contributed by atoms with Gasteiger partial charge in [-0.2, -0.15) is 0 Å². The number of carbonyl (C=O) groups is 1. The molecule has 4 saturated heterocycles. The van der Waals surface area contributed by atoms with Gasteiger partial charge < -0.3 is 24.3 Å². The van der Waals surface area contributed by atoms with E-state index in [1.807, 2.05) is 22.9 Å². The van der Waals surface area contributed by atoms with Crippen molar-refractivity contribution in [3.63, 3.8) is 0 Å². The molecule has 3 aromatic rings. The van der Waals surface area contributed by atoms with Crippen LogP contribution in [0.15, 0.2) is 60.8 Å². The maximum atomic E-state index is 13.7. The van der Waals surface area contributed by atoms with E-state index < -0.39 is 0 Å². The Morgan fingerprint density at radius 1 is 1.05 bits per heavy atom. The van der Waals surface area contributed by atoms with E-state index in [2.05, 4.69) is 69.8 Å². The molecule has 0 radical (unpaired) electrons. The molecule has 4 aliphatic heterocycles. The highest BCUT2D eigenvalue weighted by atomic mass is 16.5. The first-order chi connectivity index (χ1) is 19.6. The average Bonchev–Trinajstić information content (AvgIpc) is 3.43. The molecule has 2 unspecified atom stereocenters. The number of amides is 1. The SMILES string of the molecule is COc1ccccc1N1CCN(C(=O)[C@H]2C[NH+]3CC[C@@H]2C[C@@H]3Cn2cc(C[NH+](C)Cc3ccccc3)nn2)CC1. The molecule has 4 aliphatic rings. The van der Waals surface area contributed by atoms with Crippen LogP contribution in [-0.2, 0) is 24.4 Å². The second-order valence-corrected chi connectivity index (χ2v) is 11.9. The Hall–Kier alpha value is -3.43. The number of nitrogens with zero attached hydrogens (tertiary/aromatic N) is 5. The molecule has 0 aliphatic carbocycles. The van der Waals surface area contributed by atoms with E-state index in [0.717, 1.165) is 88.9 Å². The number of aromatic nitrogens is 3. The summed E-state index contributed by atoms with van der Waals surface area (Å²) in [6, 6.07) is 19.3. The van der Waals surface area contributed by atoms with Gasteiger partial charge in [0.2, 0.25) is 5.91 Å². The van der Waals surface area contributed by atoms with Crippen molar-refractivity contribution >= 4 is 11.6 Å². The van der Waals surface area contributed by atoms with Crippen LogP contribution >= 0.6 is 0 Å². The van der Waals surface area contributed by atoms with Crippen LogP contribution in [-0.4, -0.2) is 85.3 Å². The fourth-order valence-electron chi connectivity index (χ4n) is 7.14. The van der Waals surface area contributed by atoms with Gasteiger partial charge in [0, 0.05) is 44.6 Å². The van der Waals surface area contributed by atoms with Crippen LogP contribution in [0.5, 0.6) is 5.75 Å². The highest BCUT2D eigenvalue weighted by Gasteiger charge is 2.48. The first kappa shape index (κ1) is 26.8. The van der Waals surface area contributed by atoms with Crippen LogP contribution in [0.25, 0.3) is 0 Å². The highest BCUT2D eigenvalue weighted by Crippen LogP contribution is 2.31. The summed E-state index contributed by atoms with van der Waals surface area (Å²) >= 11 is 0. The molecule has 1 amide bonds. The minimum absolute atomic E-state index is 0.152. The van der Waals surface area contributed by atoms with Crippen molar-refractivity contribution in [3.05, 3.63) is 72.1 Å². The van der Waals surface area contributed by atoms with E-state index in [1.165, 1.54) is 10.5 Å². The van der Waals surface area contributed by atoms with Crippen molar-refractivity contribution in [1.29, 1.82) is 0 Å². The third-order valence-corrected chi connectivity index (χ3v) is 9.21. The number of piperazine rings is 1. The number of methoxy groups -OCH3 is 1. The van der Waals surface area contributed by atoms with Gasteiger partial charge >= 0.3 is 0 Å². The number of benzene rings is 2. The molecule has 5 heterocycles. The molecule has 5 atom stereocenters. The van der Waals surface area contributed by atoms with Gasteiger partial charge in [-0.3, -0.25) is 4.79 Å². The molecule has 2 bridgehead atoms. The second kappa shape index (κ2) is 12.0. The Morgan fingerprint density at radius 2 is 1.82 bits per heavy atom. The standard InChI is InChI=1S/C31H41N7O2/c1-34(19-24-8-4-3-5-9-24)20-26-21-38(33-32-26)22-27-18-25-12-13-37(27)23-28(25)31(39)36-16-14-35(15-17-36)29-10-6-7-11-30(29)40-2/h3-11,21,25,27-28H,12-20,22-23H2,1-2H3/p+2/t25-,27-,28+/m1/s1. The number of hydrogen-bond donors (Lipinski definition) is 2. The van der Waals surface area contributed by atoms with Crippen LogP contribution in [0.3, 0.4) is 0 Å². The highest BCUT2D eigenvalue weighted by molar-refractivity contribution is 5.80. The van der Waals surface area contributed by atoms with Crippen LogP contribution in [0, 0.1) is 11.8 Å². The number of nitrogens with one attached hydrogen (secondary N) is 2. The van der Waals surface area contributed by atoms with E-state index in [-0.39, 0.29) is 5.92 Å². The molecule has 7 rings (SSSR count). The Kier molecular flexibility index (Phi) is 8.02. The van der Waals surface area contributed by atoms with E-state index in [9.17, 15) is 4.79 Å². The molecule has 212 valence electrons. The Morgan fingerprint density at radius 3 is 2.58 bits per heavy atom. The van der Waals surface area contributed by atoms with Gasteiger partial charge in [-0.15, -0.1) is 5.10 Å². The summed E-state index contributed by atoms with van der Waals surface area (Å²) in [6.45, 7) is 8.08. The zero-order valence-electron chi connectivity index (χ0n) is 23.8. The number of para-hydroxylation sites is 2. The van der Waals surface area contributed by atoms with Crippen molar-refractivity contribution in [2.45, 2.75) is 38.5 Å². The largest absolute Gasteiger partial charge is 0.495 e. The molecule has 0 saturated carbocycles. The normalized spacial score (nSPS) is 25.1. The molecule has 9 heteroatoms. The minimum atomic E-state index is 0.152. The van der Waals surface area contributed by atoms with Crippen LogP contribution in [0.2, 0.25) is 0 Å². The fraction of sp³-hybridized carbons (Fsp3) is 0.516. The smallest absolute Gasteiger partial charge is 0.231 e. The monoisotopic (exact) mass is 545 g/mol. The van der Waals surface area contributed by atoms with E-state index in [0.29, 0.717) is 17.9 Å². The van der Waals surface area contributed by atoms with E-state index >= 15 is 0 Å². The Labute approximate surface area is 237 Å². The van der Waals surface area contributed by atoms with Crippen molar-refractivity contribution < 1.29 is 19.3 Å². The first-order valence-electron chi connectivity index (χ1n) is 14.8. The average molecular weight is 546 g/mol. The summed E-state index contributed by atoms with van der Waals surface area (Å²) in [5.74, 6) is 1.90. The van der Waals surface area contributed by atoms with Gasteiger partial charge in [0.15, 0.2) is 0 Å². The van der Waals surface area contributed by atoms with Crippen LogP contribution in [0.4, 0.5) is 5.69 Å². The number of rotatable bonds is 9. The maximum Gasteiger partial charge on any atom is 0.231 e. The summed E-state index contributed by atoms with van der Waals surface area (Å²) < 4.78 is 7.60. The van der Waals surface area contributed by atoms with Crippen molar-refractivity contribution in [2.24, 2.45) is 11.8 Å². The Bertz CT molecular complexity index is 1270. The predicted molar refractivity (Wildman–Crippen MR) is 153 cm³/mol. The summed E-state index contributed by atoms with van der Waals surface area (Å²) in [4.78, 5) is 21.1. The Balaban J connectivity index is 0.998. The zero-order valence-corrected chi connectivity index (χ0v) is 23.8. The number of ether oxygens (including phenoxy) is 1. The lowest BCUT2D eigenvalue weighted by Gasteiger charge is -2.47. The molecular weight excluding hydrogens is 502 g/mol. The topological polar surface area (TPSA) is 72.4 Å². The van der Waals surface area contributed by atoms with Crippen LogP contribution < -0.4 is 19.4 Å². The number of carbonyl (C=O) groups excluding carboxylic acids is 1.